The minimum absolute atomic E-state index is 0.389. The summed E-state index contributed by atoms with van der Waals surface area (Å²) in [7, 11) is 0. The van der Waals surface area contributed by atoms with E-state index in [4.69, 9.17) is 9.47 Å². The summed E-state index contributed by atoms with van der Waals surface area (Å²) in [6.45, 7) is 3.33. The molecule has 114 valence electrons. The predicted octanol–water partition coefficient (Wildman–Crippen LogP) is 2.83. The summed E-state index contributed by atoms with van der Waals surface area (Å²) in [6.07, 6.45) is 0. The number of rotatable bonds is 4. The predicted molar refractivity (Wildman–Crippen MR) is 83.3 cm³/mol. The molecule has 0 spiro atoms. The Bertz CT molecular complexity index is 797. The molecular weight excluding hydrogens is 280 g/mol. The Balaban J connectivity index is 1.56. The smallest absolute Gasteiger partial charge is 0.130 e. The third-order valence-electron chi connectivity index (χ3n) is 3.97. The van der Waals surface area contributed by atoms with E-state index in [9.17, 15) is 5.11 Å². The van der Waals surface area contributed by atoms with Crippen LogP contribution in [0, 0.1) is 6.92 Å². The first-order valence-corrected chi connectivity index (χ1v) is 7.34. The zero-order chi connectivity index (χ0) is 15.2. The number of aliphatic hydroxyl groups is 1. The van der Waals surface area contributed by atoms with Gasteiger partial charge < -0.3 is 14.6 Å². The molecule has 0 saturated carbocycles. The second-order valence-corrected chi connectivity index (χ2v) is 6.01. The Labute approximate surface area is 128 Å². The van der Waals surface area contributed by atoms with E-state index in [1.807, 2.05) is 54.1 Å². The maximum Gasteiger partial charge on any atom is 0.130 e. The van der Waals surface area contributed by atoms with Crippen molar-refractivity contribution >= 4 is 11.0 Å². The van der Waals surface area contributed by atoms with Crippen LogP contribution in [0.2, 0.25) is 0 Å². The van der Waals surface area contributed by atoms with Gasteiger partial charge in [0.25, 0.3) is 0 Å². The lowest BCUT2D eigenvalue weighted by atomic mass is 10.0. The summed E-state index contributed by atoms with van der Waals surface area (Å²) >= 11 is 0. The van der Waals surface area contributed by atoms with Crippen LogP contribution in [0.15, 0.2) is 42.5 Å². The second kappa shape index (κ2) is 4.90. The average molecular weight is 298 g/mol. The minimum atomic E-state index is -0.751. The van der Waals surface area contributed by atoms with Crippen LogP contribution < -0.4 is 4.74 Å². The van der Waals surface area contributed by atoms with Gasteiger partial charge in [-0.2, -0.15) is 0 Å². The van der Waals surface area contributed by atoms with Crippen molar-refractivity contribution < 1.29 is 14.6 Å². The molecule has 2 heterocycles. The van der Waals surface area contributed by atoms with E-state index < -0.39 is 5.60 Å². The van der Waals surface area contributed by atoms with Gasteiger partial charge in [0.1, 0.15) is 17.1 Å². The molecule has 3 aromatic rings. The quantitative estimate of drug-likeness (QED) is 0.778. The number of ether oxygens (including phenoxy) is 2. The maximum absolute atomic E-state index is 10.2. The number of aryl methyl sites for hydroxylation is 1. The van der Waals surface area contributed by atoms with Crippen LogP contribution in [0.25, 0.3) is 11.0 Å². The van der Waals surface area contributed by atoms with Crippen molar-refractivity contribution in [3.8, 4) is 11.5 Å². The summed E-state index contributed by atoms with van der Waals surface area (Å²) in [5, 5.41) is 13.4. The first-order chi connectivity index (χ1) is 10.6. The van der Waals surface area contributed by atoms with Gasteiger partial charge in [-0.3, -0.25) is 9.78 Å². The molecule has 22 heavy (non-hydrogen) atoms. The van der Waals surface area contributed by atoms with E-state index in [0.29, 0.717) is 19.8 Å². The molecule has 0 aliphatic carbocycles. The molecule has 0 bridgehead atoms. The molecule has 5 nitrogen and oxygen atoms in total. The van der Waals surface area contributed by atoms with Gasteiger partial charge in [0.05, 0.1) is 30.8 Å². The number of H-pyrrole nitrogens is 1. The van der Waals surface area contributed by atoms with Gasteiger partial charge in [-0.15, -0.1) is 0 Å². The van der Waals surface area contributed by atoms with Crippen LogP contribution in [0.1, 0.15) is 5.56 Å². The fourth-order valence-corrected chi connectivity index (χ4v) is 2.64. The molecular formula is C17H18N2O3. The van der Waals surface area contributed by atoms with Gasteiger partial charge in [0.15, 0.2) is 0 Å². The Hall–Kier alpha value is -2.24. The van der Waals surface area contributed by atoms with E-state index in [1.165, 1.54) is 5.56 Å². The number of hydrogen-bond donors (Lipinski definition) is 2. The standard InChI is InChI=1S/C17H18N2O3/c1-12-2-4-13(5-3-12)22-14-6-7-15-16(8-14)19(18-15)9-17(20)10-21-11-17/h2-8,18,20H,9-11H2,1H3. The van der Waals surface area contributed by atoms with Crippen LogP contribution in [0.4, 0.5) is 0 Å². The summed E-state index contributed by atoms with van der Waals surface area (Å²) in [5.41, 5.74) is 2.53. The molecule has 4 rings (SSSR count). The lowest BCUT2D eigenvalue weighted by Gasteiger charge is -2.37. The van der Waals surface area contributed by atoms with E-state index in [-0.39, 0.29) is 0 Å². The second-order valence-electron chi connectivity index (χ2n) is 6.01. The highest BCUT2D eigenvalue weighted by Crippen LogP contribution is 2.28. The van der Waals surface area contributed by atoms with Gasteiger partial charge in [0.2, 0.25) is 0 Å². The highest BCUT2D eigenvalue weighted by atomic mass is 16.5. The molecule has 0 unspecified atom stereocenters. The Kier molecular flexibility index (Phi) is 2.99. The van der Waals surface area contributed by atoms with Crippen molar-refractivity contribution in [3.05, 3.63) is 48.0 Å². The third-order valence-corrected chi connectivity index (χ3v) is 3.97. The SMILES string of the molecule is Cc1ccc(Oc2ccc3[nH]n(CC4(O)COC4)c3c2)cc1. The van der Waals surface area contributed by atoms with Crippen LogP contribution in [-0.4, -0.2) is 33.7 Å². The lowest BCUT2D eigenvalue weighted by Crippen LogP contribution is -2.53. The van der Waals surface area contributed by atoms with Crippen molar-refractivity contribution in [3.63, 3.8) is 0 Å². The van der Waals surface area contributed by atoms with E-state index in [2.05, 4.69) is 5.10 Å². The largest absolute Gasteiger partial charge is 0.457 e. The molecule has 2 aromatic carbocycles. The number of fused-ring (bicyclic) bond motifs is 1. The molecule has 5 heteroatoms. The van der Waals surface area contributed by atoms with Crippen LogP contribution in [0.3, 0.4) is 0 Å². The highest BCUT2D eigenvalue weighted by molar-refractivity contribution is 5.78. The first-order valence-electron chi connectivity index (χ1n) is 7.34. The Morgan fingerprint density at radius 2 is 1.91 bits per heavy atom. The molecule has 0 amide bonds. The molecule has 0 radical (unpaired) electrons. The maximum atomic E-state index is 10.2. The van der Waals surface area contributed by atoms with Gasteiger partial charge in [-0.05, 0) is 31.2 Å². The fraction of sp³-hybridized carbons (Fsp3) is 0.294. The van der Waals surface area contributed by atoms with Gasteiger partial charge in [-0.1, -0.05) is 17.7 Å². The highest BCUT2D eigenvalue weighted by Gasteiger charge is 2.37. The van der Waals surface area contributed by atoms with Crippen molar-refractivity contribution in [1.29, 1.82) is 0 Å². The monoisotopic (exact) mass is 298 g/mol. The van der Waals surface area contributed by atoms with Gasteiger partial charge >= 0.3 is 0 Å². The lowest BCUT2D eigenvalue weighted by molar-refractivity contribution is -0.186. The zero-order valence-electron chi connectivity index (χ0n) is 12.4. The number of benzene rings is 2. The topological polar surface area (TPSA) is 59.4 Å². The summed E-state index contributed by atoms with van der Waals surface area (Å²) in [6, 6.07) is 13.9. The van der Waals surface area contributed by atoms with E-state index >= 15 is 0 Å². The van der Waals surface area contributed by atoms with Crippen LogP contribution in [0.5, 0.6) is 11.5 Å². The summed E-state index contributed by atoms with van der Waals surface area (Å²) < 4.78 is 12.9. The minimum Gasteiger partial charge on any atom is -0.457 e. The van der Waals surface area contributed by atoms with Gasteiger partial charge in [0, 0.05) is 6.07 Å². The number of aromatic amines is 1. The van der Waals surface area contributed by atoms with Gasteiger partial charge in [-0.25, -0.2) is 0 Å². The van der Waals surface area contributed by atoms with Crippen molar-refractivity contribution in [2.24, 2.45) is 0 Å². The molecule has 1 fully saturated rings. The van der Waals surface area contributed by atoms with E-state index in [1.54, 1.807) is 0 Å². The van der Waals surface area contributed by atoms with Crippen molar-refractivity contribution in [2.45, 2.75) is 19.1 Å². The molecule has 1 aliphatic heterocycles. The van der Waals surface area contributed by atoms with Crippen LogP contribution in [-0.2, 0) is 11.3 Å². The molecule has 1 aromatic heterocycles. The normalized spacial score (nSPS) is 16.6. The first kappa shape index (κ1) is 13.4. The van der Waals surface area contributed by atoms with Crippen molar-refractivity contribution in [2.75, 3.05) is 13.2 Å². The number of hydrogen-bond acceptors (Lipinski definition) is 3. The third kappa shape index (κ3) is 2.38. The van der Waals surface area contributed by atoms with Crippen LogP contribution >= 0.6 is 0 Å². The molecule has 1 aliphatic rings. The fourth-order valence-electron chi connectivity index (χ4n) is 2.64. The van der Waals surface area contributed by atoms with Crippen molar-refractivity contribution in [1.82, 2.24) is 9.78 Å². The molecule has 1 saturated heterocycles. The Morgan fingerprint density at radius 1 is 1.18 bits per heavy atom. The zero-order valence-corrected chi connectivity index (χ0v) is 12.4. The summed E-state index contributed by atoms with van der Waals surface area (Å²) in [4.78, 5) is 0. The average Bonchev–Trinajstić information content (AvgIpc) is 2.47. The summed E-state index contributed by atoms with van der Waals surface area (Å²) in [5.74, 6) is 1.60. The molecule has 0 atom stereocenters. The number of nitrogens with zero attached hydrogens (tertiary/aromatic N) is 1. The number of nitrogens with one attached hydrogen (secondary N) is 1. The Morgan fingerprint density at radius 3 is 2.59 bits per heavy atom. The molecule has 2 N–H and O–H groups in total. The van der Waals surface area contributed by atoms with E-state index in [0.717, 1.165) is 22.5 Å². The number of aromatic nitrogens is 2.